The van der Waals surface area contributed by atoms with Gasteiger partial charge in [0, 0.05) is 3.57 Å². The maximum Gasteiger partial charge on any atom is 0.0130 e. The monoisotopic (exact) mass is 590 g/mol. The highest BCUT2D eigenvalue weighted by atomic mass is 127. The minimum Gasteiger partial charge on any atom is -0.0654 e. The van der Waals surface area contributed by atoms with E-state index in [1.54, 1.807) is 0 Å². The molecule has 0 N–H and O–H groups in total. The molecule has 4 aromatic rings. The topological polar surface area (TPSA) is 0 Å². The van der Waals surface area contributed by atoms with Crippen LogP contribution in [-0.2, 0) is 12.8 Å². The van der Waals surface area contributed by atoms with Crippen LogP contribution in [0, 0.1) is 17.4 Å². The molecule has 0 radical (unpaired) electrons. The minimum absolute atomic E-state index is 0.704. The second kappa shape index (κ2) is 17.1. The van der Waals surface area contributed by atoms with Crippen molar-refractivity contribution in [2.24, 2.45) is 0 Å². The second-order valence-electron chi connectivity index (χ2n) is 9.60. The molecule has 0 aliphatic rings. The molecule has 1 heteroatoms. The first-order valence-electron chi connectivity index (χ1n) is 13.3. The predicted octanol–water partition coefficient (Wildman–Crippen LogP) is 10.7. The Labute approximate surface area is 234 Å². The smallest absolute Gasteiger partial charge is 0.0130 e. The van der Waals surface area contributed by atoms with Crippen LogP contribution in [0.4, 0.5) is 0 Å². The van der Waals surface area contributed by atoms with Crippen LogP contribution in [0.15, 0.2) is 103 Å². The number of rotatable bonds is 7. The minimum atomic E-state index is 0.704. The molecule has 0 spiro atoms. The molecule has 190 valence electrons. The molecule has 1 unspecified atom stereocenters. The maximum absolute atomic E-state index is 2.30. The zero-order valence-electron chi connectivity index (χ0n) is 22.8. The van der Waals surface area contributed by atoms with Crippen molar-refractivity contribution in [1.82, 2.24) is 0 Å². The van der Waals surface area contributed by atoms with E-state index in [-0.39, 0.29) is 0 Å². The van der Waals surface area contributed by atoms with E-state index in [0.717, 1.165) is 6.42 Å². The molecule has 0 amide bonds. The highest BCUT2D eigenvalue weighted by molar-refractivity contribution is 14.1. The summed E-state index contributed by atoms with van der Waals surface area (Å²) in [4.78, 5) is 0. The van der Waals surface area contributed by atoms with Crippen molar-refractivity contribution in [3.8, 4) is 0 Å². The first kappa shape index (κ1) is 29.8. The van der Waals surface area contributed by atoms with Gasteiger partial charge in [0.1, 0.15) is 0 Å². The van der Waals surface area contributed by atoms with Crippen molar-refractivity contribution in [3.05, 3.63) is 140 Å². The normalized spacial score (nSPS) is 10.9. The highest BCUT2D eigenvalue weighted by Gasteiger charge is 2.00. The molecule has 0 heterocycles. The average molecular weight is 591 g/mol. The number of benzene rings is 4. The molecule has 0 saturated carbocycles. The van der Waals surface area contributed by atoms with Gasteiger partial charge in [-0.1, -0.05) is 129 Å². The molecule has 0 bridgehead atoms. The summed E-state index contributed by atoms with van der Waals surface area (Å²) in [6, 6.07) is 37.0. The van der Waals surface area contributed by atoms with E-state index in [1.807, 2.05) is 0 Å². The molecular formula is C35H43I. The second-order valence-corrected chi connectivity index (χ2v) is 10.8. The fraction of sp³-hybridized carbons (Fsp3) is 0.314. The Bertz CT molecular complexity index is 1060. The van der Waals surface area contributed by atoms with Crippen LogP contribution in [0.3, 0.4) is 0 Å². The van der Waals surface area contributed by atoms with Crippen LogP contribution in [0.25, 0.3) is 0 Å². The molecular weight excluding hydrogens is 547 g/mol. The third-order valence-electron chi connectivity index (χ3n) is 6.36. The SMILES string of the molecule is CCC(C)c1ccc(C)cc1.CCCCc1ccc(Cc2ccccc2)cc1.Cc1ccc(I)cc1. The summed E-state index contributed by atoms with van der Waals surface area (Å²) < 4.78 is 1.30. The summed E-state index contributed by atoms with van der Waals surface area (Å²) in [5, 5.41) is 0. The third-order valence-corrected chi connectivity index (χ3v) is 7.08. The maximum atomic E-state index is 2.30. The molecule has 0 saturated heterocycles. The first-order valence-corrected chi connectivity index (χ1v) is 14.4. The fourth-order valence-corrected chi connectivity index (χ4v) is 4.06. The molecule has 0 fully saturated rings. The Morgan fingerprint density at radius 2 is 1.11 bits per heavy atom. The average Bonchev–Trinajstić information content (AvgIpc) is 2.91. The van der Waals surface area contributed by atoms with Crippen molar-refractivity contribution in [3.63, 3.8) is 0 Å². The van der Waals surface area contributed by atoms with Crippen LogP contribution in [0.1, 0.15) is 79.3 Å². The largest absolute Gasteiger partial charge is 0.0654 e. The van der Waals surface area contributed by atoms with Crippen molar-refractivity contribution >= 4 is 22.6 Å². The third kappa shape index (κ3) is 12.0. The van der Waals surface area contributed by atoms with Crippen molar-refractivity contribution in [2.45, 2.75) is 72.6 Å². The van der Waals surface area contributed by atoms with Gasteiger partial charge in [-0.05, 0) is 102 Å². The predicted molar refractivity (Wildman–Crippen MR) is 168 cm³/mol. The first-order chi connectivity index (χ1) is 17.4. The zero-order chi connectivity index (χ0) is 26.2. The van der Waals surface area contributed by atoms with Gasteiger partial charge in [0.05, 0.1) is 0 Å². The van der Waals surface area contributed by atoms with Gasteiger partial charge in [-0.3, -0.25) is 0 Å². The lowest BCUT2D eigenvalue weighted by molar-refractivity contribution is 0.733. The standard InChI is InChI=1S/C17H20.C11H16.C7H7I/c1-2-3-7-15-10-12-17(13-11-15)14-16-8-5-4-6-9-16;1-4-10(3)11-7-5-9(2)6-8-11;1-6-2-4-7(8)5-3-6/h4-6,8-13H,2-3,7,14H2,1H3;5-8,10H,4H2,1-3H3;2-5H,1H3. The number of hydrogen-bond donors (Lipinski definition) is 0. The van der Waals surface area contributed by atoms with E-state index in [0.29, 0.717) is 5.92 Å². The molecule has 1 atom stereocenters. The van der Waals surface area contributed by atoms with Crippen LogP contribution >= 0.6 is 22.6 Å². The number of aryl methyl sites for hydroxylation is 3. The van der Waals surface area contributed by atoms with E-state index in [9.17, 15) is 0 Å². The summed E-state index contributed by atoms with van der Waals surface area (Å²) >= 11 is 2.30. The van der Waals surface area contributed by atoms with Gasteiger partial charge in [0.15, 0.2) is 0 Å². The summed E-state index contributed by atoms with van der Waals surface area (Å²) in [6.07, 6.45) is 6.03. The summed E-state index contributed by atoms with van der Waals surface area (Å²) in [6.45, 7) is 11.0. The molecule has 36 heavy (non-hydrogen) atoms. The van der Waals surface area contributed by atoms with Gasteiger partial charge in [-0.25, -0.2) is 0 Å². The molecule has 4 aromatic carbocycles. The number of hydrogen-bond acceptors (Lipinski definition) is 0. The van der Waals surface area contributed by atoms with Gasteiger partial charge < -0.3 is 0 Å². The van der Waals surface area contributed by atoms with E-state index in [2.05, 4.69) is 160 Å². The molecule has 4 rings (SSSR count). The Hall–Kier alpha value is -2.39. The lowest BCUT2D eigenvalue weighted by Crippen LogP contribution is -1.89. The molecule has 0 nitrogen and oxygen atoms in total. The fourth-order valence-electron chi connectivity index (χ4n) is 3.70. The quantitative estimate of drug-likeness (QED) is 0.188. The van der Waals surface area contributed by atoms with Crippen molar-refractivity contribution in [1.29, 1.82) is 0 Å². The van der Waals surface area contributed by atoms with Gasteiger partial charge in [-0.2, -0.15) is 0 Å². The van der Waals surface area contributed by atoms with E-state index < -0.39 is 0 Å². The molecule has 0 aliphatic carbocycles. The Kier molecular flexibility index (Phi) is 14.2. The Balaban J connectivity index is 0.000000206. The van der Waals surface area contributed by atoms with Gasteiger partial charge >= 0.3 is 0 Å². The van der Waals surface area contributed by atoms with Crippen molar-refractivity contribution < 1.29 is 0 Å². The van der Waals surface area contributed by atoms with Crippen LogP contribution < -0.4 is 0 Å². The lowest BCUT2D eigenvalue weighted by Gasteiger charge is -2.07. The van der Waals surface area contributed by atoms with Gasteiger partial charge in [0.2, 0.25) is 0 Å². The van der Waals surface area contributed by atoms with Crippen LogP contribution in [-0.4, -0.2) is 0 Å². The highest BCUT2D eigenvalue weighted by Crippen LogP contribution is 2.18. The number of halogens is 1. The van der Waals surface area contributed by atoms with Crippen molar-refractivity contribution in [2.75, 3.05) is 0 Å². The Morgan fingerprint density at radius 3 is 1.61 bits per heavy atom. The van der Waals surface area contributed by atoms with E-state index in [4.69, 9.17) is 0 Å². The summed E-state index contributed by atoms with van der Waals surface area (Å²) in [5.41, 5.74) is 8.37. The zero-order valence-corrected chi connectivity index (χ0v) is 25.0. The van der Waals surface area contributed by atoms with E-state index >= 15 is 0 Å². The van der Waals surface area contributed by atoms with Crippen LogP contribution in [0.2, 0.25) is 0 Å². The summed E-state index contributed by atoms with van der Waals surface area (Å²) in [5.74, 6) is 0.704. The Morgan fingerprint density at radius 1 is 0.611 bits per heavy atom. The number of unbranched alkanes of at least 4 members (excludes halogenated alkanes) is 1. The molecule has 0 aliphatic heterocycles. The van der Waals surface area contributed by atoms with E-state index in [1.165, 1.54) is 62.6 Å². The summed E-state index contributed by atoms with van der Waals surface area (Å²) in [7, 11) is 0. The lowest BCUT2D eigenvalue weighted by atomic mass is 9.98. The van der Waals surface area contributed by atoms with Gasteiger partial charge in [0.25, 0.3) is 0 Å². The van der Waals surface area contributed by atoms with Crippen LogP contribution in [0.5, 0.6) is 0 Å². The molecule has 0 aromatic heterocycles. The van der Waals surface area contributed by atoms with Gasteiger partial charge in [-0.15, -0.1) is 0 Å².